The van der Waals surface area contributed by atoms with Crippen molar-refractivity contribution >= 4 is 68.1 Å². The van der Waals surface area contributed by atoms with E-state index in [9.17, 15) is 0 Å². The minimum Gasteiger partial charge on any atom is -0.454 e. The number of aryl methyl sites for hydroxylation is 1. The van der Waals surface area contributed by atoms with Gasteiger partial charge in [0.1, 0.15) is 5.58 Å². The molecule has 8 aromatic rings. The molecule has 0 atom stereocenters. The van der Waals surface area contributed by atoms with Crippen LogP contribution in [0.2, 0.25) is 0 Å². The maximum Gasteiger partial charge on any atom is 0.328 e. The van der Waals surface area contributed by atoms with Crippen molar-refractivity contribution in [1.29, 1.82) is 0 Å². The molecule has 3 aliphatic heterocycles. The van der Waals surface area contributed by atoms with Crippen molar-refractivity contribution in [3.8, 4) is 39.8 Å². The largest absolute Gasteiger partial charge is 0.454 e. The molecule has 0 radical (unpaired) electrons. The van der Waals surface area contributed by atoms with Gasteiger partial charge >= 0.3 is 6.85 Å². The molecule has 66 heavy (non-hydrogen) atoms. The standard InChI is InChI=1S/C60H59BN2O3/c1-33-26-43-44(60(12,13)25-24-59(43,10)11)31-46(33)63-47-32-52-51(64-49-20-16-17-21-50(49)65-52)30-39(47)40-29-42-37-18-14-15-19-48(37)66-56(42)55-53(40)61(63)35(3)54-41(27-34(2)57(4,5)6)38-28-36(58(7,8)9)22-23-45(38)62(54)55/h14-23,26-32H,2,24-25H2,1,3-13H3/b41-27-. The van der Waals surface area contributed by atoms with E-state index in [1.54, 1.807) is 0 Å². The van der Waals surface area contributed by atoms with Gasteiger partial charge in [0.25, 0.3) is 0 Å². The number of hydrogen-bond donors (Lipinski definition) is 0. The highest BCUT2D eigenvalue weighted by Crippen LogP contribution is 2.55. The van der Waals surface area contributed by atoms with Crippen LogP contribution in [0.5, 0.6) is 23.0 Å². The fourth-order valence-corrected chi connectivity index (χ4v) is 11.5. The molecule has 0 amide bonds. The maximum atomic E-state index is 7.17. The van der Waals surface area contributed by atoms with E-state index >= 15 is 0 Å². The molecule has 0 fully saturated rings. The van der Waals surface area contributed by atoms with Gasteiger partial charge in [-0.05, 0) is 142 Å². The zero-order chi connectivity index (χ0) is 46.1. The Bertz CT molecular complexity index is 3620. The summed E-state index contributed by atoms with van der Waals surface area (Å²) in [6.45, 7) is 32.6. The summed E-state index contributed by atoms with van der Waals surface area (Å²) in [6, 6.07) is 35.5. The number of benzene rings is 6. The lowest BCUT2D eigenvalue weighted by Gasteiger charge is -2.46. The summed E-state index contributed by atoms with van der Waals surface area (Å²) in [5.74, 6) is 2.85. The molecule has 1 aliphatic carbocycles. The second-order valence-electron chi connectivity index (χ2n) is 23.0. The Morgan fingerprint density at radius 2 is 1.33 bits per heavy atom. The molecule has 4 aliphatic rings. The Hall–Kier alpha value is -6.40. The van der Waals surface area contributed by atoms with Crippen LogP contribution in [-0.4, -0.2) is 11.4 Å². The molecule has 5 heterocycles. The van der Waals surface area contributed by atoms with E-state index in [1.807, 2.05) is 24.3 Å². The van der Waals surface area contributed by atoms with Crippen molar-refractivity contribution in [1.82, 2.24) is 4.57 Å². The zero-order valence-electron chi connectivity index (χ0n) is 40.6. The van der Waals surface area contributed by atoms with Gasteiger partial charge < -0.3 is 23.3 Å². The molecule has 0 saturated carbocycles. The SMILES string of the molecule is C=C(/C=c1\c2n(c3ccc(C(C)(C)C)cc13)-c1c3c(cc4c1oc1ccccc14)-c1cc4c(cc1N(c1cc5c(cc1C)C(C)(C)CCC5(C)C)B3C=2C)Oc1ccccc1O4)C(C)(C)C. The summed E-state index contributed by atoms with van der Waals surface area (Å²) >= 11 is 0. The van der Waals surface area contributed by atoms with Crippen LogP contribution in [0.15, 0.2) is 114 Å². The Kier molecular flexibility index (Phi) is 8.32. The number of aromatic nitrogens is 1. The Labute approximate surface area is 389 Å². The van der Waals surface area contributed by atoms with Gasteiger partial charge in [0.2, 0.25) is 0 Å². The smallest absolute Gasteiger partial charge is 0.328 e. The van der Waals surface area contributed by atoms with Gasteiger partial charge in [-0.25, -0.2) is 0 Å². The number of ether oxygens (including phenoxy) is 2. The fourth-order valence-electron chi connectivity index (χ4n) is 11.5. The van der Waals surface area contributed by atoms with Crippen LogP contribution in [0.25, 0.3) is 61.2 Å². The fraction of sp³-hybridized carbons (Fsp3) is 0.300. The number of hydrogen-bond acceptors (Lipinski definition) is 4. The Morgan fingerprint density at radius 1 is 0.682 bits per heavy atom. The van der Waals surface area contributed by atoms with Crippen LogP contribution in [0, 0.1) is 12.3 Å². The third-order valence-electron chi connectivity index (χ3n) is 15.7. The number of rotatable bonds is 2. The highest BCUT2D eigenvalue weighted by molar-refractivity contribution is 6.95. The molecule has 330 valence electrons. The van der Waals surface area contributed by atoms with E-state index in [0.717, 1.165) is 62.8 Å². The summed E-state index contributed by atoms with van der Waals surface area (Å²) in [7, 11) is 0. The Balaban J connectivity index is 1.29. The summed E-state index contributed by atoms with van der Waals surface area (Å²) in [6.07, 6.45) is 4.66. The van der Waals surface area contributed by atoms with Crippen LogP contribution in [0.4, 0.5) is 11.4 Å². The van der Waals surface area contributed by atoms with E-state index in [4.69, 9.17) is 20.5 Å². The molecular formula is C60H59BN2O3. The number of nitrogens with zero attached hydrogens (tertiary/aromatic N) is 2. The van der Waals surface area contributed by atoms with Crippen molar-refractivity contribution in [2.24, 2.45) is 5.41 Å². The van der Waals surface area contributed by atoms with Crippen molar-refractivity contribution < 1.29 is 13.9 Å². The van der Waals surface area contributed by atoms with Gasteiger partial charge in [0.15, 0.2) is 28.6 Å². The van der Waals surface area contributed by atoms with Gasteiger partial charge in [0.05, 0.1) is 11.2 Å². The summed E-state index contributed by atoms with van der Waals surface area (Å²) in [5, 5.41) is 5.80. The third-order valence-corrected chi connectivity index (χ3v) is 15.7. The average molecular weight is 867 g/mol. The summed E-state index contributed by atoms with van der Waals surface area (Å²) in [4.78, 5) is 2.65. The molecule has 0 bridgehead atoms. The molecule has 12 rings (SSSR count). The second-order valence-corrected chi connectivity index (χ2v) is 23.0. The van der Waals surface area contributed by atoms with Gasteiger partial charge in [0, 0.05) is 49.7 Å². The van der Waals surface area contributed by atoms with Crippen LogP contribution in [-0.2, 0) is 16.2 Å². The minimum absolute atomic E-state index is 0.00387. The maximum absolute atomic E-state index is 7.17. The van der Waals surface area contributed by atoms with E-state index in [0.29, 0.717) is 23.0 Å². The van der Waals surface area contributed by atoms with E-state index < -0.39 is 0 Å². The lowest BCUT2D eigenvalue weighted by Crippen LogP contribution is -2.58. The van der Waals surface area contributed by atoms with Crippen LogP contribution >= 0.6 is 0 Å². The number of furan rings is 1. The minimum atomic E-state index is -0.208. The van der Waals surface area contributed by atoms with Crippen molar-refractivity contribution in [3.05, 3.63) is 142 Å². The zero-order valence-corrected chi connectivity index (χ0v) is 40.6. The molecule has 0 N–H and O–H groups in total. The van der Waals surface area contributed by atoms with Gasteiger partial charge in [-0.1, -0.05) is 124 Å². The number of fused-ring (bicyclic) bond motifs is 13. The molecule has 0 saturated heterocycles. The predicted molar refractivity (Wildman–Crippen MR) is 277 cm³/mol. The molecule has 0 spiro atoms. The lowest BCUT2D eigenvalue weighted by atomic mass is 9.43. The lowest BCUT2D eigenvalue weighted by molar-refractivity contribution is 0.332. The van der Waals surface area contributed by atoms with E-state index in [-0.39, 0.29) is 28.5 Å². The molecular weight excluding hydrogens is 807 g/mol. The monoisotopic (exact) mass is 866 g/mol. The highest BCUT2D eigenvalue weighted by atomic mass is 16.6. The first-order valence-corrected chi connectivity index (χ1v) is 23.8. The summed E-state index contributed by atoms with van der Waals surface area (Å²) < 4.78 is 23.2. The Morgan fingerprint density at radius 3 is 2.02 bits per heavy atom. The van der Waals surface area contributed by atoms with E-state index in [2.05, 4.69) is 171 Å². The van der Waals surface area contributed by atoms with Crippen LogP contribution in [0.1, 0.15) is 111 Å². The van der Waals surface area contributed by atoms with Crippen LogP contribution in [0.3, 0.4) is 0 Å². The third kappa shape index (κ3) is 5.72. The first kappa shape index (κ1) is 41.1. The highest BCUT2D eigenvalue weighted by Gasteiger charge is 2.47. The van der Waals surface area contributed by atoms with Gasteiger partial charge in [-0.3, -0.25) is 0 Å². The van der Waals surface area contributed by atoms with Crippen molar-refractivity contribution in [3.63, 3.8) is 0 Å². The normalized spacial score (nSPS) is 16.9. The molecule has 0 unspecified atom stereocenters. The van der Waals surface area contributed by atoms with Crippen molar-refractivity contribution in [2.75, 3.05) is 4.81 Å². The quantitative estimate of drug-likeness (QED) is 0.162. The van der Waals surface area contributed by atoms with Gasteiger partial charge in [-0.15, -0.1) is 0 Å². The molecule has 2 aromatic heterocycles. The van der Waals surface area contributed by atoms with Crippen LogP contribution < -0.4 is 30.3 Å². The second kappa shape index (κ2) is 13.4. The van der Waals surface area contributed by atoms with E-state index in [1.165, 1.54) is 60.4 Å². The first-order chi connectivity index (χ1) is 31.2. The predicted octanol–water partition coefficient (Wildman–Crippen LogP) is 14.5. The first-order valence-electron chi connectivity index (χ1n) is 23.8. The molecule has 6 heteroatoms. The summed E-state index contributed by atoms with van der Waals surface area (Å²) in [5.41, 5.74) is 17.5. The number of allylic oxidation sites excluding steroid dienone is 1. The molecule has 5 nitrogen and oxygen atoms in total. The molecule has 6 aromatic carbocycles. The topological polar surface area (TPSA) is 39.8 Å². The number of para-hydroxylation sites is 3. The number of anilines is 2. The average Bonchev–Trinajstić information content (AvgIpc) is 3.80. The van der Waals surface area contributed by atoms with Gasteiger partial charge in [-0.2, -0.15) is 0 Å². The van der Waals surface area contributed by atoms with Crippen molar-refractivity contribution in [2.45, 2.75) is 112 Å².